The third kappa shape index (κ3) is 2.49. The Morgan fingerprint density at radius 2 is 2.42 bits per heavy atom. The highest BCUT2D eigenvalue weighted by molar-refractivity contribution is 5.30. The zero-order valence-electron chi connectivity index (χ0n) is 6.87. The predicted octanol–water partition coefficient (Wildman–Crippen LogP) is 2.08. The van der Waals surface area contributed by atoms with Crippen molar-refractivity contribution in [2.45, 2.75) is 6.92 Å². The van der Waals surface area contributed by atoms with E-state index in [1.54, 1.807) is 12.2 Å². The lowest BCUT2D eigenvalue weighted by Crippen LogP contribution is -1.88. The molecule has 12 heavy (non-hydrogen) atoms. The molecule has 60 valence electrons. The van der Waals surface area contributed by atoms with Crippen molar-refractivity contribution in [1.82, 2.24) is 0 Å². The molecular weight excluding hydrogens is 150 g/mol. The molecule has 0 saturated heterocycles. The zero-order chi connectivity index (χ0) is 8.81. The summed E-state index contributed by atoms with van der Waals surface area (Å²) >= 11 is 0. The van der Waals surface area contributed by atoms with Crippen molar-refractivity contribution in [3.8, 4) is 6.07 Å². The van der Waals surface area contributed by atoms with Crippen LogP contribution in [0.1, 0.15) is 6.92 Å². The van der Waals surface area contributed by atoms with Crippen molar-refractivity contribution in [2.24, 2.45) is 0 Å². The first-order valence-electron chi connectivity index (χ1n) is 3.64. The van der Waals surface area contributed by atoms with Crippen LogP contribution >= 0.6 is 0 Å². The Labute approximate surface area is 71.8 Å². The van der Waals surface area contributed by atoms with Gasteiger partial charge in [-0.05, 0) is 36.8 Å². The van der Waals surface area contributed by atoms with Gasteiger partial charge in [0.1, 0.15) is 11.8 Å². The molecule has 0 aromatic rings. The molecule has 1 rings (SSSR count). The molecular formula is C10H9NO. The Morgan fingerprint density at radius 1 is 1.58 bits per heavy atom. The minimum Gasteiger partial charge on any atom is -0.479 e. The Kier molecular flexibility index (Phi) is 2.95. The van der Waals surface area contributed by atoms with E-state index in [9.17, 15) is 0 Å². The first-order chi connectivity index (χ1) is 5.83. The van der Waals surface area contributed by atoms with E-state index < -0.39 is 0 Å². The molecule has 0 heterocycles. The van der Waals surface area contributed by atoms with Gasteiger partial charge in [-0.15, -0.1) is 5.73 Å². The summed E-state index contributed by atoms with van der Waals surface area (Å²) in [5.41, 5.74) is 4.06. The predicted molar refractivity (Wildman–Crippen MR) is 46.1 cm³/mol. The summed E-state index contributed by atoms with van der Waals surface area (Å²) < 4.78 is 5.09. The van der Waals surface area contributed by atoms with E-state index in [0.29, 0.717) is 5.76 Å². The average molecular weight is 159 g/mol. The number of hydrogen-bond acceptors (Lipinski definition) is 2. The van der Waals surface area contributed by atoms with Crippen LogP contribution in [0.5, 0.6) is 0 Å². The van der Waals surface area contributed by atoms with Crippen LogP contribution in [0.15, 0.2) is 41.4 Å². The molecule has 2 nitrogen and oxygen atoms in total. The smallest absolute Gasteiger partial charge is 0.174 e. The van der Waals surface area contributed by atoms with Crippen molar-refractivity contribution < 1.29 is 4.74 Å². The van der Waals surface area contributed by atoms with Gasteiger partial charge in [0.25, 0.3) is 0 Å². The lowest BCUT2D eigenvalue weighted by Gasteiger charge is -1.98. The van der Waals surface area contributed by atoms with Crippen molar-refractivity contribution in [2.75, 3.05) is 6.61 Å². The van der Waals surface area contributed by atoms with Gasteiger partial charge in [0.2, 0.25) is 0 Å². The third-order valence-corrected chi connectivity index (χ3v) is 1.36. The fraction of sp³-hybridized carbons (Fsp3) is 0.200. The van der Waals surface area contributed by atoms with Crippen LogP contribution in [-0.4, -0.2) is 6.61 Å². The van der Waals surface area contributed by atoms with Crippen LogP contribution in [0, 0.1) is 11.3 Å². The topological polar surface area (TPSA) is 33.0 Å². The Hall–Kier alpha value is -1.71. The van der Waals surface area contributed by atoms with E-state index in [2.05, 4.69) is 5.73 Å². The van der Waals surface area contributed by atoms with Gasteiger partial charge >= 0.3 is 0 Å². The van der Waals surface area contributed by atoms with Gasteiger partial charge in [-0.3, -0.25) is 0 Å². The maximum atomic E-state index is 8.26. The number of ether oxygens (including phenoxy) is 1. The molecule has 2 heteroatoms. The van der Waals surface area contributed by atoms with Crippen LogP contribution < -0.4 is 0 Å². The van der Waals surface area contributed by atoms with E-state index in [4.69, 9.17) is 10.00 Å². The maximum Gasteiger partial charge on any atom is 0.174 e. The lowest BCUT2D eigenvalue weighted by molar-refractivity contribution is 0.266. The molecule has 0 N–H and O–H groups in total. The van der Waals surface area contributed by atoms with E-state index in [-0.39, 0.29) is 6.61 Å². The van der Waals surface area contributed by atoms with Gasteiger partial charge in [-0.1, -0.05) is 0 Å². The lowest BCUT2D eigenvalue weighted by atomic mass is 10.3. The van der Waals surface area contributed by atoms with Crippen molar-refractivity contribution >= 4 is 0 Å². The van der Waals surface area contributed by atoms with Crippen LogP contribution in [0.3, 0.4) is 0 Å². The minimum absolute atomic E-state index is 0.0864. The van der Waals surface area contributed by atoms with E-state index in [1.807, 2.05) is 25.1 Å². The highest BCUT2D eigenvalue weighted by Gasteiger charge is 1.92. The SMILES string of the molecule is CC1=C=CC=C(OCC#N)C=C1. The Morgan fingerprint density at radius 3 is 3.17 bits per heavy atom. The highest BCUT2D eigenvalue weighted by atomic mass is 16.5. The molecule has 0 unspecified atom stereocenters. The van der Waals surface area contributed by atoms with Gasteiger partial charge in [0, 0.05) is 0 Å². The second-order valence-electron chi connectivity index (χ2n) is 2.34. The summed E-state index contributed by atoms with van der Waals surface area (Å²) in [6.07, 6.45) is 7.28. The standard InChI is InChI=1S/C10H9NO/c1-9-3-2-4-10(6-5-9)12-8-7-11/h2,4-6H,8H2,1H3. The van der Waals surface area contributed by atoms with Gasteiger partial charge in [0.05, 0.1) is 0 Å². The van der Waals surface area contributed by atoms with E-state index >= 15 is 0 Å². The molecule has 0 aromatic heterocycles. The highest BCUT2D eigenvalue weighted by Crippen LogP contribution is 2.06. The number of nitriles is 1. The monoisotopic (exact) mass is 159 g/mol. The third-order valence-electron chi connectivity index (χ3n) is 1.36. The van der Waals surface area contributed by atoms with Gasteiger partial charge in [-0.2, -0.15) is 5.26 Å². The Bertz CT molecular complexity index is 322. The molecule has 0 atom stereocenters. The molecule has 0 saturated carbocycles. The number of rotatable bonds is 2. The first kappa shape index (κ1) is 8.39. The van der Waals surface area contributed by atoms with Gasteiger partial charge in [0.15, 0.2) is 6.61 Å². The second kappa shape index (κ2) is 4.23. The fourth-order valence-corrected chi connectivity index (χ4v) is 0.778. The van der Waals surface area contributed by atoms with Crippen molar-refractivity contribution in [1.29, 1.82) is 5.26 Å². The Balaban J connectivity index is 2.63. The summed E-state index contributed by atoms with van der Waals surface area (Å²) in [5.74, 6) is 0.695. The van der Waals surface area contributed by atoms with E-state index in [1.165, 1.54) is 0 Å². The minimum atomic E-state index is 0.0864. The quantitative estimate of drug-likeness (QED) is 0.578. The van der Waals surface area contributed by atoms with Crippen molar-refractivity contribution in [3.05, 3.63) is 41.4 Å². The molecule has 0 spiro atoms. The number of allylic oxidation sites excluding steroid dienone is 4. The summed E-state index contributed by atoms with van der Waals surface area (Å²) in [6.45, 7) is 2.04. The summed E-state index contributed by atoms with van der Waals surface area (Å²) in [7, 11) is 0. The summed E-state index contributed by atoms with van der Waals surface area (Å²) in [4.78, 5) is 0. The second-order valence-corrected chi connectivity index (χ2v) is 2.34. The van der Waals surface area contributed by atoms with E-state index in [0.717, 1.165) is 5.57 Å². The number of nitrogens with zero attached hydrogens (tertiary/aromatic N) is 1. The van der Waals surface area contributed by atoms with Gasteiger partial charge < -0.3 is 4.74 Å². The normalized spacial score (nSPS) is 14.3. The fourth-order valence-electron chi connectivity index (χ4n) is 0.778. The largest absolute Gasteiger partial charge is 0.479 e. The summed E-state index contributed by atoms with van der Waals surface area (Å²) in [6, 6.07) is 1.91. The molecule has 0 aliphatic heterocycles. The van der Waals surface area contributed by atoms with Crippen LogP contribution in [0.2, 0.25) is 0 Å². The molecule has 0 fully saturated rings. The van der Waals surface area contributed by atoms with Gasteiger partial charge in [-0.25, -0.2) is 0 Å². The zero-order valence-corrected chi connectivity index (χ0v) is 6.87. The van der Waals surface area contributed by atoms with Crippen LogP contribution in [0.4, 0.5) is 0 Å². The number of hydrogen-bond donors (Lipinski definition) is 0. The molecule has 0 aromatic carbocycles. The molecule has 0 bridgehead atoms. The average Bonchev–Trinajstić information content (AvgIpc) is 2.27. The van der Waals surface area contributed by atoms with Crippen LogP contribution in [0.25, 0.3) is 0 Å². The molecule has 0 amide bonds. The summed E-state index contributed by atoms with van der Waals surface area (Å²) in [5, 5.41) is 8.26. The molecule has 0 radical (unpaired) electrons. The maximum absolute atomic E-state index is 8.26. The van der Waals surface area contributed by atoms with Crippen molar-refractivity contribution in [3.63, 3.8) is 0 Å². The molecule has 1 aliphatic rings. The molecule has 1 aliphatic carbocycles. The first-order valence-corrected chi connectivity index (χ1v) is 3.64. The van der Waals surface area contributed by atoms with Crippen LogP contribution in [-0.2, 0) is 4.74 Å².